The lowest BCUT2D eigenvalue weighted by Crippen LogP contribution is -2.43. The molecule has 1 heterocycles. The van der Waals surface area contributed by atoms with E-state index in [1.165, 1.54) is 4.31 Å². The summed E-state index contributed by atoms with van der Waals surface area (Å²) in [5, 5.41) is 2.86. The van der Waals surface area contributed by atoms with Crippen molar-refractivity contribution in [3.63, 3.8) is 0 Å². The summed E-state index contributed by atoms with van der Waals surface area (Å²) in [6, 6.07) is 10.2. The van der Waals surface area contributed by atoms with E-state index in [0.29, 0.717) is 53.5 Å². The number of ether oxygens (including phenoxy) is 1. The van der Waals surface area contributed by atoms with Gasteiger partial charge in [-0.3, -0.25) is 4.79 Å². The number of nitrogens with one attached hydrogen (secondary N) is 1. The lowest BCUT2D eigenvalue weighted by molar-refractivity contribution is -0.119. The molecule has 156 valence electrons. The Labute approximate surface area is 172 Å². The fraction of sp³-hybridized carbons (Fsp3) is 0.409. The Morgan fingerprint density at radius 3 is 2.48 bits per heavy atom. The molecular formula is C22H28N2O4S. The van der Waals surface area contributed by atoms with Crippen LogP contribution in [0.5, 0.6) is 5.75 Å². The number of amides is 1. The Kier molecular flexibility index (Phi) is 6.29. The predicted molar refractivity (Wildman–Crippen MR) is 114 cm³/mol. The minimum absolute atomic E-state index is 0.303. The Balaban J connectivity index is 1.89. The van der Waals surface area contributed by atoms with Crippen LogP contribution >= 0.6 is 0 Å². The van der Waals surface area contributed by atoms with Gasteiger partial charge in [-0.05, 0) is 63.8 Å². The molecule has 0 bridgehead atoms. The highest BCUT2D eigenvalue weighted by atomic mass is 32.2. The molecule has 29 heavy (non-hydrogen) atoms. The second kappa shape index (κ2) is 8.55. The van der Waals surface area contributed by atoms with E-state index in [-0.39, 0.29) is 5.91 Å². The fourth-order valence-electron chi connectivity index (χ4n) is 4.05. The summed E-state index contributed by atoms with van der Waals surface area (Å²) in [6.45, 7) is 8.23. The molecular weight excluding hydrogens is 388 g/mol. The number of aryl methyl sites for hydroxylation is 3. The van der Waals surface area contributed by atoms with Crippen molar-refractivity contribution in [2.24, 2.45) is 0 Å². The summed E-state index contributed by atoms with van der Waals surface area (Å²) in [4.78, 5) is 13.3. The van der Waals surface area contributed by atoms with E-state index in [9.17, 15) is 13.2 Å². The van der Waals surface area contributed by atoms with E-state index < -0.39 is 16.1 Å². The van der Waals surface area contributed by atoms with E-state index in [1.807, 2.05) is 32.0 Å². The third-order valence-corrected chi connectivity index (χ3v) is 7.34. The number of sulfonamides is 1. The van der Waals surface area contributed by atoms with Gasteiger partial charge in [-0.1, -0.05) is 29.8 Å². The van der Waals surface area contributed by atoms with Crippen LogP contribution in [-0.4, -0.2) is 37.8 Å². The van der Waals surface area contributed by atoms with Gasteiger partial charge < -0.3 is 10.1 Å². The predicted octanol–water partition coefficient (Wildman–Crippen LogP) is 3.80. The number of hydrogen-bond donors (Lipinski definition) is 1. The molecule has 0 aliphatic carbocycles. The van der Waals surface area contributed by atoms with Gasteiger partial charge in [0.25, 0.3) is 0 Å². The molecule has 0 saturated carbocycles. The first kappa shape index (κ1) is 21.3. The minimum Gasteiger partial charge on any atom is -0.492 e. The molecule has 7 heteroatoms. The molecule has 1 fully saturated rings. The van der Waals surface area contributed by atoms with Crippen LogP contribution in [0.1, 0.15) is 36.5 Å². The van der Waals surface area contributed by atoms with Crippen molar-refractivity contribution < 1.29 is 17.9 Å². The molecule has 6 nitrogen and oxygen atoms in total. The summed E-state index contributed by atoms with van der Waals surface area (Å²) >= 11 is 0. The second-order valence-electron chi connectivity index (χ2n) is 7.42. The Hall–Kier alpha value is -2.38. The van der Waals surface area contributed by atoms with Crippen molar-refractivity contribution >= 4 is 21.6 Å². The molecule has 1 aliphatic heterocycles. The lowest BCUT2D eigenvalue weighted by atomic mass is 10.1. The molecule has 1 aliphatic rings. The van der Waals surface area contributed by atoms with Crippen LogP contribution in [-0.2, 0) is 14.8 Å². The van der Waals surface area contributed by atoms with Crippen molar-refractivity contribution in [3.05, 3.63) is 53.1 Å². The van der Waals surface area contributed by atoms with Gasteiger partial charge in [-0.15, -0.1) is 0 Å². The summed E-state index contributed by atoms with van der Waals surface area (Å²) in [6.07, 6.45) is 1.14. The van der Waals surface area contributed by atoms with E-state index in [0.717, 1.165) is 5.56 Å². The second-order valence-corrected chi connectivity index (χ2v) is 9.25. The summed E-state index contributed by atoms with van der Waals surface area (Å²) in [5.41, 5.74) is 2.97. The van der Waals surface area contributed by atoms with E-state index in [2.05, 4.69) is 5.32 Å². The van der Waals surface area contributed by atoms with Crippen LogP contribution in [0.2, 0.25) is 0 Å². The molecule has 2 aromatic rings. The Morgan fingerprint density at radius 1 is 1.17 bits per heavy atom. The van der Waals surface area contributed by atoms with E-state index >= 15 is 0 Å². The average molecular weight is 417 g/mol. The number of rotatable bonds is 6. The quantitative estimate of drug-likeness (QED) is 0.777. The first-order valence-electron chi connectivity index (χ1n) is 9.88. The number of anilines is 1. The molecule has 1 N–H and O–H groups in total. The van der Waals surface area contributed by atoms with E-state index in [1.54, 1.807) is 32.0 Å². The molecule has 1 saturated heterocycles. The molecule has 1 amide bonds. The zero-order valence-corrected chi connectivity index (χ0v) is 18.2. The van der Waals surface area contributed by atoms with Gasteiger partial charge in [0, 0.05) is 6.54 Å². The Bertz CT molecular complexity index is 994. The summed E-state index contributed by atoms with van der Waals surface area (Å²) in [5.74, 6) is 0.238. The topological polar surface area (TPSA) is 75.7 Å². The van der Waals surface area contributed by atoms with E-state index in [4.69, 9.17) is 4.74 Å². The first-order chi connectivity index (χ1) is 13.8. The number of para-hydroxylation sites is 2. The van der Waals surface area contributed by atoms with Gasteiger partial charge >= 0.3 is 0 Å². The van der Waals surface area contributed by atoms with Crippen LogP contribution in [0, 0.1) is 20.8 Å². The maximum atomic E-state index is 13.4. The number of carbonyl (C=O) groups is 1. The van der Waals surface area contributed by atoms with Gasteiger partial charge in [0.2, 0.25) is 15.9 Å². The molecule has 0 spiro atoms. The highest BCUT2D eigenvalue weighted by Gasteiger charge is 2.40. The standard InChI is InChI=1S/C22H28N2O4S/c1-5-28-20-11-7-6-9-18(20)23-22(25)19-10-8-12-24(19)29(26,27)21-16(3)13-15(2)14-17(21)4/h6-7,9,11,13-14,19H,5,8,10,12H2,1-4H3,(H,23,25). The maximum absolute atomic E-state index is 13.4. The smallest absolute Gasteiger partial charge is 0.244 e. The number of hydrogen-bond acceptors (Lipinski definition) is 4. The van der Waals surface area contributed by atoms with Crippen molar-refractivity contribution in [2.45, 2.75) is 51.5 Å². The highest BCUT2D eigenvalue weighted by molar-refractivity contribution is 7.89. The highest BCUT2D eigenvalue weighted by Crippen LogP contribution is 2.32. The molecule has 0 aromatic heterocycles. The van der Waals surface area contributed by atoms with Gasteiger partial charge in [0.1, 0.15) is 11.8 Å². The van der Waals surface area contributed by atoms with Gasteiger partial charge in [-0.2, -0.15) is 4.31 Å². The summed E-state index contributed by atoms with van der Waals surface area (Å²) in [7, 11) is -3.78. The maximum Gasteiger partial charge on any atom is 0.244 e. The van der Waals surface area contributed by atoms with Crippen LogP contribution < -0.4 is 10.1 Å². The van der Waals surface area contributed by atoms with Crippen molar-refractivity contribution in [1.82, 2.24) is 4.31 Å². The minimum atomic E-state index is -3.78. The third-order valence-electron chi connectivity index (χ3n) is 5.12. The number of nitrogens with zero attached hydrogens (tertiary/aromatic N) is 1. The van der Waals surface area contributed by atoms with Crippen molar-refractivity contribution in [3.8, 4) is 5.75 Å². The van der Waals surface area contributed by atoms with Crippen LogP contribution in [0.25, 0.3) is 0 Å². The van der Waals surface area contributed by atoms with Crippen LogP contribution in [0.4, 0.5) is 5.69 Å². The SMILES string of the molecule is CCOc1ccccc1NC(=O)C1CCCN1S(=O)(=O)c1c(C)cc(C)cc1C. The zero-order valence-electron chi connectivity index (χ0n) is 17.4. The molecule has 2 aromatic carbocycles. The summed E-state index contributed by atoms with van der Waals surface area (Å²) < 4.78 is 33.8. The number of benzene rings is 2. The normalized spacial score (nSPS) is 17.3. The third kappa shape index (κ3) is 4.31. The van der Waals surface area contributed by atoms with Crippen LogP contribution in [0.15, 0.2) is 41.3 Å². The van der Waals surface area contributed by atoms with Crippen molar-refractivity contribution in [2.75, 3.05) is 18.5 Å². The largest absolute Gasteiger partial charge is 0.492 e. The molecule has 1 unspecified atom stereocenters. The van der Waals surface area contributed by atoms with Gasteiger partial charge in [-0.25, -0.2) is 8.42 Å². The Morgan fingerprint density at radius 2 is 1.83 bits per heavy atom. The fourth-order valence-corrected chi connectivity index (χ4v) is 6.12. The monoisotopic (exact) mass is 416 g/mol. The van der Waals surface area contributed by atoms with Gasteiger partial charge in [0.05, 0.1) is 17.2 Å². The molecule has 1 atom stereocenters. The first-order valence-corrected chi connectivity index (χ1v) is 11.3. The average Bonchev–Trinajstić information content (AvgIpc) is 3.13. The number of carbonyl (C=O) groups excluding carboxylic acids is 1. The van der Waals surface area contributed by atoms with Crippen molar-refractivity contribution in [1.29, 1.82) is 0 Å². The molecule has 3 rings (SSSR count). The molecule has 0 radical (unpaired) electrons. The van der Waals surface area contributed by atoms with Crippen LogP contribution in [0.3, 0.4) is 0 Å². The lowest BCUT2D eigenvalue weighted by Gasteiger charge is -2.25. The van der Waals surface area contributed by atoms with Gasteiger partial charge in [0.15, 0.2) is 0 Å². The zero-order chi connectivity index (χ0) is 21.2.